The van der Waals surface area contributed by atoms with Crippen LogP contribution in [-0.4, -0.2) is 28.9 Å². The van der Waals surface area contributed by atoms with Crippen LogP contribution in [0.3, 0.4) is 0 Å². The third kappa shape index (κ3) is 3.85. The number of hydrogen-bond donors (Lipinski definition) is 1. The van der Waals surface area contributed by atoms with Gasteiger partial charge in [-0.15, -0.1) is 0 Å². The van der Waals surface area contributed by atoms with Crippen LogP contribution in [-0.2, 0) is 0 Å². The van der Waals surface area contributed by atoms with E-state index in [1.54, 1.807) is 23.2 Å². The lowest BCUT2D eigenvalue weighted by atomic mass is 10.2. The van der Waals surface area contributed by atoms with E-state index in [0.29, 0.717) is 24.5 Å². The number of benzene rings is 1. The van der Waals surface area contributed by atoms with Crippen molar-refractivity contribution in [3.8, 4) is 0 Å². The van der Waals surface area contributed by atoms with E-state index in [1.165, 1.54) is 0 Å². The van der Waals surface area contributed by atoms with Gasteiger partial charge in [-0.25, -0.2) is 4.98 Å². The molecule has 2 aromatic rings. The number of amides is 1. The van der Waals surface area contributed by atoms with E-state index in [4.69, 9.17) is 0 Å². The summed E-state index contributed by atoms with van der Waals surface area (Å²) in [5.74, 6) is 0.696. The number of aromatic nitrogens is 1. The number of halogens is 1. The minimum atomic E-state index is 0.0300. The lowest BCUT2D eigenvalue weighted by Crippen LogP contribution is -2.30. The Bertz CT molecular complexity index is 669. The second kappa shape index (κ2) is 7.40. The number of carbonyl (C=O) groups excluding carboxylic acids is 1. The Morgan fingerprint density at radius 1 is 1.23 bits per heavy atom. The quantitative estimate of drug-likeness (QED) is 0.859. The first kappa shape index (κ1) is 16.5. The maximum atomic E-state index is 12.4. The molecule has 0 aliphatic carbocycles. The molecule has 0 aliphatic rings. The van der Waals surface area contributed by atoms with E-state index in [-0.39, 0.29) is 5.91 Å². The Hall–Kier alpha value is -1.88. The summed E-state index contributed by atoms with van der Waals surface area (Å²) >= 11 is 3.48. The fourth-order valence-corrected chi connectivity index (χ4v) is 2.44. The van der Waals surface area contributed by atoms with Crippen LogP contribution in [0.4, 0.5) is 11.5 Å². The summed E-state index contributed by atoms with van der Waals surface area (Å²) in [6.45, 7) is 7.39. The Morgan fingerprint density at radius 2 is 1.95 bits per heavy atom. The molecule has 22 heavy (non-hydrogen) atoms. The topological polar surface area (TPSA) is 45.2 Å². The van der Waals surface area contributed by atoms with Gasteiger partial charge in [0.1, 0.15) is 5.82 Å². The predicted octanol–water partition coefficient (Wildman–Crippen LogP) is 4.38. The van der Waals surface area contributed by atoms with E-state index in [9.17, 15) is 4.79 Å². The summed E-state index contributed by atoms with van der Waals surface area (Å²) < 4.78 is 1.07. The minimum Gasteiger partial charge on any atom is -0.340 e. The highest BCUT2D eigenvalue weighted by molar-refractivity contribution is 9.10. The summed E-state index contributed by atoms with van der Waals surface area (Å²) in [6, 6.07) is 9.53. The van der Waals surface area contributed by atoms with Gasteiger partial charge in [0.2, 0.25) is 0 Å². The van der Waals surface area contributed by atoms with Gasteiger partial charge in [0.05, 0.1) is 0 Å². The average Bonchev–Trinajstić information content (AvgIpc) is 2.52. The van der Waals surface area contributed by atoms with Crippen molar-refractivity contribution in [1.29, 1.82) is 0 Å². The molecule has 0 saturated carbocycles. The largest absolute Gasteiger partial charge is 0.340 e. The van der Waals surface area contributed by atoms with Gasteiger partial charge >= 0.3 is 0 Å². The van der Waals surface area contributed by atoms with Crippen molar-refractivity contribution >= 4 is 33.3 Å². The van der Waals surface area contributed by atoms with Crippen LogP contribution >= 0.6 is 15.9 Å². The molecule has 116 valence electrons. The highest BCUT2D eigenvalue weighted by Crippen LogP contribution is 2.22. The molecule has 0 saturated heterocycles. The number of nitrogens with zero attached hydrogens (tertiary/aromatic N) is 2. The fourth-order valence-electron chi connectivity index (χ4n) is 2.20. The molecule has 0 radical (unpaired) electrons. The standard InChI is InChI=1S/C17H20BrN3O/c1-4-21(5-2)17(22)13-8-9-19-16(11-13)20-14-6-7-15(18)12(3)10-14/h6-11H,4-5H2,1-3H3,(H,19,20). The third-order valence-electron chi connectivity index (χ3n) is 3.49. The van der Waals surface area contributed by atoms with Crippen molar-refractivity contribution in [1.82, 2.24) is 9.88 Å². The molecule has 5 heteroatoms. The Labute approximate surface area is 139 Å². The van der Waals surface area contributed by atoms with Crippen LogP contribution in [0.1, 0.15) is 29.8 Å². The lowest BCUT2D eigenvalue weighted by molar-refractivity contribution is 0.0773. The van der Waals surface area contributed by atoms with Gasteiger partial charge in [-0.1, -0.05) is 15.9 Å². The molecule has 1 aromatic carbocycles. The zero-order chi connectivity index (χ0) is 16.1. The van der Waals surface area contributed by atoms with E-state index in [2.05, 4.69) is 26.2 Å². The Kier molecular flexibility index (Phi) is 5.55. The molecule has 1 aromatic heterocycles. The first-order valence-electron chi connectivity index (χ1n) is 7.33. The van der Waals surface area contributed by atoms with Gasteiger partial charge in [0.25, 0.3) is 5.91 Å². The van der Waals surface area contributed by atoms with Crippen molar-refractivity contribution in [2.24, 2.45) is 0 Å². The van der Waals surface area contributed by atoms with E-state index in [0.717, 1.165) is 15.7 Å². The predicted molar refractivity (Wildman–Crippen MR) is 93.7 cm³/mol. The molecular formula is C17H20BrN3O. The Morgan fingerprint density at radius 3 is 2.59 bits per heavy atom. The second-order valence-corrected chi connectivity index (χ2v) is 5.85. The summed E-state index contributed by atoms with van der Waals surface area (Å²) in [5, 5.41) is 3.24. The highest BCUT2D eigenvalue weighted by atomic mass is 79.9. The van der Waals surface area contributed by atoms with Crippen molar-refractivity contribution in [2.45, 2.75) is 20.8 Å². The van der Waals surface area contributed by atoms with Crippen molar-refractivity contribution < 1.29 is 4.79 Å². The van der Waals surface area contributed by atoms with Crippen LogP contribution < -0.4 is 5.32 Å². The van der Waals surface area contributed by atoms with Crippen LogP contribution in [0.15, 0.2) is 41.0 Å². The summed E-state index contributed by atoms with van der Waals surface area (Å²) in [4.78, 5) is 18.5. The molecule has 1 heterocycles. The highest BCUT2D eigenvalue weighted by Gasteiger charge is 2.13. The third-order valence-corrected chi connectivity index (χ3v) is 4.38. The van der Waals surface area contributed by atoms with Crippen LogP contribution in [0.5, 0.6) is 0 Å². The number of rotatable bonds is 5. The Balaban J connectivity index is 2.21. The van der Waals surface area contributed by atoms with Crippen LogP contribution in [0.2, 0.25) is 0 Å². The maximum Gasteiger partial charge on any atom is 0.254 e. The number of anilines is 2. The fraction of sp³-hybridized carbons (Fsp3) is 0.294. The van der Waals surface area contributed by atoms with E-state index in [1.807, 2.05) is 39.0 Å². The van der Waals surface area contributed by atoms with E-state index < -0.39 is 0 Å². The van der Waals surface area contributed by atoms with Gasteiger partial charge in [-0.2, -0.15) is 0 Å². The number of pyridine rings is 1. The lowest BCUT2D eigenvalue weighted by Gasteiger charge is -2.18. The molecule has 0 fully saturated rings. The van der Waals surface area contributed by atoms with Crippen molar-refractivity contribution in [3.63, 3.8) is 0 Å². The first-order chi connectivity index (χ1) is 10.5. The molecule has 0 atom stereocenters. The average molecular weight is 362 g/mol. The smallest absolute Gasteiger partial charge is 0.254 e. The molecule has 0 unspecified atom stereocenters. The van der Waals surface area contributed by atoms with Crippen molar-refractivity contribution in [3.05, 3.63) is 52.1 Å². The van der Waals surface area contributed by atoms with Crippen LogP contribution in [0, 0.1) is 6.92 Å². The molecule has 0 aliphatic heterocycles. The van der Waals surface area contributed by atoms with Crippen molar-refractivity contribution in [2.75, 3.05) is 18.4 Å². The SMILES string of the molecule is CCN(CC)C(=O)c1ccnc(Nc2ccc(Br)c(C)c2)c1. The maximum absolute atomic E-state index is 12.4. The number of nitrogens with one attached hydrogen (secondary N) is 1. The van der Waals surface area contributed by atoms with Gasteiger partial charge in [0, 0.05) is 35.0 Å². The minimum absolute atomic E-state index is 0.0300. The molecule has 0 bridgehead atoms. The van der Waals surface area contributed by atoms with Gasteiger partial charge in [-0.3, -0.25) is 4.79 Å². The van der Waals surface area contributed by atoms with Crippen LogP contribution in [0.25, 0.3) is 0 Å². The molecule has 0 spiro atoms. The zero-order valence-electron chi connectivity index (χ0n) is 13.1. The summed E-state index contributed by atoms with van der Waals surface area (Å²) in [6.07, 6.45) is 1.66. The van der Waals surface area contributed by atoms with Gasteiger partial charge in [-0.05, 0) is 56.7 Å². The molecule has 1 N–H and O–H groups in total. The molecule has 4 nitrogen and oxygen atoms in total. The van der Waals surface area contributed by atoms with Gasteiger partial charge < -0.3 is 10.2 Å². The normalized spacial score (nSPS) is 10.4. The summed E-state index contributed by atoms with van der Waals surface area (Å²) in [5.41, 5.74) is 2.73. The zero-order valence-corrected chi connectivity index (χ0v) is 14.6. The van der Waals surface area contributed by atoms with Gasteiger partial charge in [0.15, 0.2) is 0 Å². The molecule has 2 rings (SSSR count). The number of aryl methyl sites for hydroxylation is 1. The number of hydrogen-bond acceptors (Lipinski definition) is 3. The molecular weight excluding hydrogens is 342 g/mol. The second-order valence-electron chi connectivity index (χ2n) is 5.00. The molecule has 1 amide bonds. The number of carbonyl (C=O) groups is 1. The van der Waals surface area contributed by atoms with E-state index >= 15 is 0 Å². The summed E-state index contributed by atoms with van der Waals surface area (Å²) in [7, 11) is 0. The first-order valence-corrected chi connectivity index (χ1v) is 8.13. The monoisotopic (exact) mass is 361 g/mol.